The Hall–Kier alpha value is -0.760. The summed E-state index contributed by atoms with van der Waals surface area (Å²) in [6.45, 7) is 4.62. The van der Waals surface area contributed by atoms with E-state index in [2.05, 4.69) is 14.1 Å². The molecule has 3 N–H and O–H groups in total. The lowest BCUT2D eigenvalue weighted by Gasteiger charge is -2.21. The maximum Gasteiger partial charge on any atom is 0.245 e. The van der Waals surface area contributed by atoms with Crippen LogP contribution >= 0.6 is 11.7 Å². The second-order valence-electron chi connectivity index (χ2n) is 4.15. The van der Waals surface area contributed by atoms with E-state index in [-0.39, 0.29) is 19.3 Å². The zero-order valence-corrected chi connectivity index (χ0v) is 10.9. The highest BCUT2D eigenvalue weighted by atomic mass is 32.1. The number of aliphatic hydroxyl groups excluding tert-OH is 2. The molecule has 0 aliphatic heterocycles. The highest BCUT2D eigenvalue weighted by Gasteiger charge is 2.14. The highest BCUT2D eigenvalue weighted by molar-refractivity contribution is 6.99. The molecule has 1 aromatic rings. The van der Waals surface area contributed by atoms with Crippen LogP contribution in [0, 0.1) is 5.92 Å². The van der Waals surface area contributed by atoms with Crippen LogP contribution in [0.1, 0.15) is 13.8 Å². The molecule has 1 aromatic heterocycles. The minimum absolute atomic E-state index is 0.00871. The summed E-state index contributed by atoms with van der Waals surface area (Å²) in [4.78, 5) is 0. The molecule has 2 atom stereocenters. The number of aromatic nitrogens is 2. The summed E-state index contributed by atoms with van der Waals surface area (Å²) < 4.78 is 12.9. The van der Waals surface area contributed by atoms with Crippen LogP contribution in [-0.2, 0) is 0 Å². The van der Waals surface area contributed by atoms with Gasteiger partial charge in [-0.05, 0) is 5.92 Å². The average molecular weight is 261 g/mol. The number of hydrogen-bond acceptors (Lipinski definition) is 7. The molecule has 0 saturated carbocycles. The van der Waals surface area contributed by atoms with Crippen LogP contribution in [0.2, 0.25) is 0 Å². The molecule has 0 fully saturated rings. The van der Waals surface area contributed by atoms with Gasteiger partial charge in [-0.3, -0.25) is 0 Å². The SMILES string of the molecule is CC(C)C(CO)NCC(O)COc1cnsn1. The summed E-state index contributed by atoms with van der Waals surface area (Å²) in [5.74, 6) is 0.743. The zero-order chi connectivity index (χ0) is 12.7. The third-order valence-electron chi connectivity index (χ3n) is 2.38. The Bertz CT molecular complexity index is 295. The molecule has 0 aromatic carbocycles. The molecule has 1 rings (SSSR count). The second kappa shape index (κ2) is 7.54. The van der Waals surface area contributed by atoms with E-state index in [1.165, 1.54) is 6.20 Å². The topological polar surface area (TPSA) is 87.5 Å². The van der Waals surface area contributed by atoms with Crippen molar-refractivity contribution >= 4 is 11.7 Å². The minimum Gasteiger partial charge on any atom is -0.473 e. The predicted molar refractivity (Wildman–Crippen MR) is 65.1 cm³/mol. The van der Waals surface area contributed by atoms with Gasteiger partial charge in [0.25, 0.3) is 0 Å². The van der Waals surface area contributed by atoms with Gasteiger partial charge in [0.2, 0.25) is 5.88 Å². The molecule has 1 heterocycles. The van der Waals surface area contributed by atoms with Crippen molar-refractivity contribution in [3.05, 3.63) is 6.20 Å². The molecule has 0 amide bonds. The second-order valence-corrected chi connectivity index (χ2v) is 4.71. The van der Waals surface area contributed by atoms with Crippen molar-refractivity contribution in [2.24, 2.45) is 5.92 Å². The zero-order valence-electron chi connectivity index (χ0n) is 10.0. The van der Waals surface area contributed by atoms with Gasteiger partial charge in [0.05, 0.1) is 18.3 Å². The average Bonchev–Trinajstić information content (AvgIpc) is 2.79. The lowest BCUT2D eigenvalue weighted by molar-refractivity contribution is 0.0944. The first-order valence-corrected chi connectivity index (χ1v) is 6.29. The fraction of sp³-hybridized carbons (Fsp3) is 0.800. The number of nitrogens with one attached hydrogen (secondary N) is 1. The van der Waals surface area contributed by atoms with Gasteiger partial charge in [0.15, 0.2) is 0 Å². The molecule has 17 heavy (non-hydrogen) atoms. The smallest absolute Gasteiger partial charge is 0.245 e. The van der Waals surface area contributed by atoms with Gasteiger partial charge in [-0.25, -0.2) is 0 Å². The third-order valence-corrected chi connectivity index (χ3v) is 2.84. The first kappa shape index (κ1) is 14.3. The van der Waals surface area contributed by atoms with Gasteiger partial charge in [-0.15, -0.1) is 4.37 Å². The number of aliphatic hydroxyl groups is 2. The van der Waals surface area contributed by atoms with E-state index in [0.717, 1.165) is 11.7 Å². The standard InChI is InChI=1S/C10H19N3O3S/c1-7(2)9(5-14)11-3-8(15)6-16-10-4-12-17-13-10/h4,7-9,11,14-15H,3,5-6H2,1-2H3. The van der Waals surface area contributed by atoms with Crippen molar-refractivity contribution in [3.63, 3.8) is 0 Å². The maximum atomic E-state index is 9.66. The first-order valence-electron chi connectivity index (χ1n) is 5.56. The van der Waals surface area contributed by atoms with Crippen molar-refractivity contribution in [1.82, 2.24) is 14.1 Å². The molecule has 0 saturated heterocycles. The summed E-state index contributed by atoms with van der Waals surface area (Å²) in [6, 6.07) is -0.00871. The van der Waals surface area contributed by atoms with Gasteiger partial charge >= 0.3 is 0 Å². The van der Waals surface area contributed by atoms with Gasteiger partial charge < -0.3 is 20.3 Å². The summed E-state index contributed by atoms with van der Waals surface area (Å²) in [6.07, 6.45) is 0.875. The fourth-order valence-corrected chi connectivity index (χ4v) is 1.62. The quantitative estimate of drug-likeness (QED) is 0.605. The van der Waals surface area contributed by atoms with Gasteiger partial charge in [0.1, 0.15) is 18.9 Å². The van der Waals surface area contributed by atoms with Crippen LogP contribution in [0.5, 0.6) is 5.88 Å². The molecule has 0 aliphatic carbocycles. The Labute approximate surface area is 105 Å². The van der Waals surface area contributed by atoms with E-state index in [4.69, 9.17) is 9.84 Å². The molecular weight excluding hydrogens is 242 g/mol. The summed E-state index contributed by atoms with van der Waals surface area (Å²) in [5, 5.41) is 21.8. The van der Waals surface area contributed by atoms with E-state index < -0.39 is 6.10 Å². The lowest BCUT2D eigenvalue weighted by atomic mass is 10.1. The molecular formula is C10H19N3O3S. The third kappa shape index (κ3) is 5.40. The van der Waals surface area contributed by atoms with Gasteiger partial charge in [-0.1, -0.05) is 13.8 Å². The van der Waals surface area contributed by atoms with Crippen molar-refractivity contribution in [2.75, 3.05) is 19.8 Å². The number of ether oxygens (including phenoxy) is 1. The number of nitrogens with zero attached hydrogens (tertiary/aromatic N) is 2. The van der Waals surface area contributed by atoms with E-state index >= 15 is 0 Å². The molecule has 0 bridgehead atoms. The highest BCUT2D eigenvalue weighted by Crippen LogP contribution is 2.05. The summed E-state index contributed by atoms with van der Waals surface area (Å²) in [7, 11) is 0. The molecule has 0 aliphatic rings. The van der Waals surface area contributed by atoms with Gasteiger partial charge in [0, 0.05) is 12.6 Å². The van der Waals surface area contributed by atoms with Gasteiger partial charge in [-0.2, -0.15) is 4.37 Å². The predicted octanol–water partition coefficient (Wildman–Crippen LogP) is -0.116. The normalized spacial score (nSPS) is 14.9. The maximum absolute atomic E-state index is 9.66. The van der Waals surface area contributed by atoms with Crippen molar-refractivity contribution < 1.29 is 14.9 Å². The van der Waals surface area contributed by atoms with E-state index in [1.807, 2.05) is 13.8 Å². The number of rotatable bonds is 8. The van der Waals surface area contributed by atoms with Crippen LogP contribution in [0.15, 0.2) is 6.20 Å². The van der Waals surface area contributed by atoms with Crippen LogP contribution < -0.4 is 10.1 Å². The largest absolute Gasteiger partial charge is 0.473 e. The summed E-state index contributed by atoms with van der Waals surface area (Å²) in [5.41, 5.74) is 0. The molecule has 6 nitrogen and oxygen atoms in total. The van der Waals surface area contributed by atoms with Crippen molar-refractivity contribution in [1.29, 1.82) is 0 Å². The minimum atomic E-state index is -0.635. The van der Waals surface area contributed by atoms with Crippen LogP contribution in [0.3, 0.4) is 0 Å². The Morgan fingerprint density at radius 3 is 2.82 bits per heavy atom. The molecule has 2 unspecified atom stereocenters. The Morgan fingerprint density at radius 1 is 1.53 bits per heavy atom. The molecule has 0 spiro atoms. The van der Waals surface area contributed by atoms with Crippen molar-refractivity contribution in [2.45, 2.75) is 26.0 Å². The fourth-order valence-electron chi connectivity index (χ4n) is 1.26. The Kier molecular flexibility index (Phi) is 6.35. The van der Waals surface area contributed by atoms with Crippen LogP contribution in [0.4, 0.5) is 0 Å². The van der Waals surface area contributed by atoms with E-state index in [9.17, 15) is 5.11 Å². The first-order chi connectivity index (χ1) is 8.13. The number of hydrogen-bond donors (Lipinski definition) is 3. The van der Waals surface area contributed by atoms with Crippen LogP contribution in [0.25, 0.3) is 0 Å². The van der Waals surface area contributed by atoms with E-state index in [1.54, 1.807) is 0 Å². The lowest BCUT2D eigenvalue weighted by Crippen LogP contribution is -2.42. The van der Waals surface area contributed by atoms with Crippen LogP contribution in [-0.4, -0.2) is 50.9 Å². The molecule has 7 heteroatoms. The monoisotopic (exact) mass is 261 g/mol. The van der Waals surface area contributed by atoms with E-state index in [0.29, 0.717) is 18.3 Å². The Balaban J connectivity index is 2.18. The molecule has 0 radical (unpaired) electrons. The molecule has 98 valence electrons. The summed E-state index contributed by atoms with van der Waals surface area (Å²) >= 11 is 1.06. The van der Waals surface area contributed by atoms with Crippen molar-refractivity contribution in [3.8, 4) is 5.88 Å². The Morgan fingerprint density at radius 2 is 2.29 bits per heavy atom.